The average molecular weight is 317 g/mol. The van der Waals surface area contributed by atoms with Gasteiger partial charge in [0.2, 0.25) is 0 Å². The Bertz CT molecular complexity index is 489. The Kier molecular flexibility index (Phi) is 7.50. The number of pyridine rings is 1. The minimum Gasteiger partial charge on any atom is -0.316 e. The molecule has 2 N–H and O–H groups in total. The molecular formula is C13H23N3O2S2. The monoisotopic (exact) mass is 317 g/mol. The van der Waals surface area contributed by atoms with E-state index in [1.54, 1.807) is 18.3 Å². The van der Waals surface area contributed by atoms with E-state index in [4.69, 9.17) is 0 Å². The summed E-state index contributed by atoms with van der Waals surface area (Å²) in [6.45, 7) is 4.64. The zero-order valence-electron chi connectivity index (χ0n) is 12.2. The number of rotatable bonds is 9. The Morgan fingerprint density at radius 3 is 2.70 bits per heavy atom. The van der Waals surface area contributed by atoms with Gasteiger partial charge in [-0.1, -0.05) is 13.0 Å². The lowest BCUT2D eigenvalue weighted by molar-refractivity contribution is 0.553. The molecule has 1 atom stereocenters. The fourth-order valence-corrected chi connectivity index (χ4v) is 3.68. The van der Waals surface area contributed by atoms with Crippen LogP contribution < -0.4 is 10.0 Å². The summed E-state index contributed by atoms with van der Waals surface area (Å²) in [5.41, 5.74) is 0.957. The number of hydrogen-bond donors (Lipinski definition) is 2. The van der Waals surface area contributed by atoms with Crippen LogP contribution in [0.2, 0.25) is 0 Å². The van der Waals surface area contributed by atoms with Gasteiger partial charge in [-0.2, -0.15) is 11.8 Å². The van der Waals surface area contributed by atoms with Crippen molar-refractivity contribution >= 4 is 21.8 Å². The van der Waals surface area contributed by atoms with Crippen LogP contribution in [0.4, 0.5) is 0 Å². The van der Waals surface area contributed by atoms with E-state index >= 15 is 0 Å². The number of sulfonamides is 1. The third-order valence-electron chi connectivity index (χ3n) is 2.71. The second-order valence-electron chi connectivity index (χ2n) is 4.54. The Hall–Kier alpha value is -0.630. The lowest BCUT2D eigenvalue weighted by Gasteiger charge is -2.13. The summed E-state index contributed by atoms with van der Waals surface area (Å²) in [6, 6.07) is 3.23. The van der Waals surface area contributed by atoms with Crippen LogP contribution in [-0.2, 0) is 16.6 Å². The predicted molar refractivity (Wildman–Crippen MR) is 84.4 cm³/mol. The molecule has 0 fully saturated rings. The summed E-state index contributed by atoms with van der Waals surface area (Å²) in [6.07, 6.45) is 2.40. The number of nitrogens with one attached hydrogen (secondary N) is 2. The second-order valence-corrected chi connectivity index (χ2v) is 7.60. The van der Waals surface area contributed by atoms with Gasteiger partial charge >= 0.3 is 0 Å². The van der Waals surface area contributed by atoms with Gasteiger partial charge in [0.1, 0.15) is 0 Å². The van der Waals surface area contributed by atoms with Gasteiger partial charge in [0.15, 0.2) is 5.03 Å². The van der Waals surface area contributed by atoms with Crippen LogP contribution >= 0.6 is 11.8 Å². The molecule has 0 spiro atoms. The molecule has 20 heavy (non-hydrogen) atoms. The first-order chi connectivity index (χ1) is 9.49. The molecule has 0 radical (unpaired) electrons. The van der Waals surface area contributed by atoms with Crippen molar-refractivity contribution in [2.75, 3.05) is 18.6 Å². The van der Waals surface area contributed by atoms with Crippen LogP contribution in [0.5, 0.6) is 0 Å². The van der Waals surface area contributed by atoms with E-state index in [2.05, 4.69) is 21.9 Å². The molecule has 0 aliphatic carbocycles. The van der Waals surface area contributed by atoms with Gasteiger partial charge in [0.05, 0.1) is 0 Å². The van der Waals surface area contributed by atoms with Crippen molar-refractivity contribution in [3.63, 3.8) is 0 Å². The van der Waals surface area contributed by atoms with Crippen LogP contribution in [0.3, 0.4) is 0 Å². The molecule has 0 saturated heterocycles. The summed E-state index contributed by atoms with van der Waals surface area (Å²) < 4.78 is 27.0. The SMILES string of the molecule is CCSCCC(C)NS(=O)(=O)c1ccc(CNC)cn1. The number of thioether (sulfide) groups is 1. The fourth-order valence-electron chi connectivity index (χ4n) is 1.67. The lowest BCUT2D eigenvalue weighted by Crippen LogP contribution is -2.33. The van der Waals surface area contributed by atoms with Crippen LogP contribution in [0.1, 0.15) is 25.8 Å². The van der Waals surface area contributed by atoms with E-state index in [1.807, 2.05) is 25.7 Å². The fraction of sp³-hybridized carbons (Fsp3) is 0.615. The molecule has 0 saturated carbocycles. The summed E-state index contributed by atoms with van der Waals surface area (Å²) in [4.78, 5) is 4.02. The van der Waals surface area contributed by atoms with Crippen LogP contribution in [-0.4, -0.2) is 38.0 Å². The molecule has 5 nitrogen and oxygen atoms in total. The molecule has 0 bridgehead atoms. The van der Waals surface area contributed by atoms with Crippen molar-refractivity contribution in [2.24, 2.45) is 0 Å². The molecule has 0 amide bonds. The van der Waals surface area contributed by atoms with Crippen LogP contribution in [0.15, 0.2) is 23.4 Å². The normalized spacial score (nSPS) is 13.3. The van der Waals surface area contributed by atoms with Crippen LogP contribution in [0.25, 0.3) is 0 Å². The molecule has 0 aliphatic rings. The van der Waals surface area contributed by atoms with Crippen LogP contribution in [0, 0.1) is 0 Å². The highest BCUT2D eigenvalue weighted by Gasteiger charge is 2.18. The summed E-state index contributed by atoms with van der Waals surface area (Å²) >= 11 is 1.81. The predicted octanol–water partition coefficient (Wildman–Crippen LogP) is 1.61. The van der Waals surface area contributed by atoms with Crippen molar-refractivity contribution in [3.05, 3.63) is 23.9 Å². The first-order valence-electron chi connectivity index (χ1n) is 6.69. The van der Waals surface area contributed by atoms with E-state index < -0.39 is 10.0 Å². The zero-order valence-corrected chi connectivity index (χ0v) is 13.9. The van der Waals surface area contributed by atoms with Gasteiger partial charge in [0, 0.05) is 18.8 Å². The Morgan fingerprint density at radius 2 is 2.15 bits per heavy atom. The van der Waals surface area contributed by atoms with Gasteiger partial charge in [-0.05, 0) is 43.5 Å². The van der Waals surface area contributed by atoms with Crippen molar-refractivity contribution in [1.82, 2.24) is 15.0 Å². The van der Waals surface area contributed by atoms with E-state index in [0.717, 1.165) is 23.5 Å². The molecule has 1 aromatic rings. The molecule has 1 rings (SSSR count). The summed E-state index contributed by atoms with van der Waals surface area (Å²) in [5.74, 6) is 2.00. The quantitative estimate of drug-likeness (QED) is 0.677. The van der Waals surface area contributed by atoms with Crippen molar-refractivity contribution in [3.8, 4) is 0 Å². The number of nitrogens with zero attached hydrogens (tertiary/aromatic N) is 1. The third kappa shape index (κ3) is 5.78. The minimum absolute atomic E-state index is 0.0762. The summed E-state index contributed by atoms with van der Waals surface area (Å²) in [5, 5.41) is 3.07. The highest BCUT2D eigenvalue weighted by molar-refractivity contribution is 7.99. The molecule has 1 unspecified atom stereocenters. The van der Waals surface area contributed by atoms with Gasteiger partial charge in [-0.25, -0.2) is 18.1 Å². The first-order valence-corrected chi connectivity index (χ1v) is 9.33. The lowest BCUT2D eigenvalue weighted by atomic mass is 10.3. The smallest absolute Gasteiger partial charge is 0.258 e. The Labute approximate surface area is 126 Å². The molecule has 7 heteroatoms. The molecule has 1 aromatic heterocycles. The molecular weight excluding hydrogens is 294 g/mol. The molecule has 114 valence electrons. The molecule has 1 heterocycles. The topological polar surface area (TPSA) is 71.1 Å². The second kappa shape index (κ2) is 8.61. The van der Waals surface area contributed by atoms with E-state index in [1.165, 1.54) is 0 Å². The maximum Gasteiger partial charge on any atom is 0.258 e. The summed E-state index contributed by atoms with van der Waals surface area (Å²) in [7, 11) is -1.68. The van der Waals surface area contributed by atoms with E-state index in [-0.39, 0.29) is 11.1 Å². The highest BCUT2D eigenvalue weighted by atomic mass is 32.2. The highest BCUT2D eigenvalue weighted by Crippen LogP contribution is 2.10. The Morgan fingerprint density at radius 1 is 1.40 bits per heavy atom. The Balaban J connectivity index is 2.63. The number of hydrogen-bond acceptors (Lipinski definition) is 5. The van der Waals surface area contributed by atoms with Gasteiger partial charge in [-0.3, -0.25) is 0 Å². The largest absolute Gasteiger partial charge is 0.316 e. The number of aromatic nitrogens is 1. The van der Waals surface area contributed by atoms with Crippen molar-refractivity contribution in [2.45, 2.75) is 37.9 Å². The standard InChI is InChI=1S/C13H23N3O2S2/c1-4-19-8-7-11(2)16-20(17,18)13-6-5-12(9-14-3)10-15-13/h5-6,10-11,14,16H,4,7-9H2,1-3H3. The van der Waals surface area contributed by atoms with E-state index in [9.17, 15) is 8.42 Å². The van der Waals surface area contributed by atoms with Crippen molar-refractivity contribution < 1.29 is 8.42 Å². The van der Waals surface area contributed by atoms with Gasteiger partial charge < -0.3 is 5.32 Å². The maximum atomic E-state index is 12.1. The van der Waals surface area contributed by atoms with Gasteiger partial charge in [0.25, 0.3) is 10.0 Å². The maximum absolute atomic E-state index is 12.1. The van der Waals surface area contributed by atoms with Crippen molar-refractivity contribution in [1.29, 1.82) is 0 Å². The van der Waals surface area contributed by atoms with E-state index in [0.29, 0.717) is 6.54 Å². The average Bonchev–Trinajstić information content (AvgIpc) is 2.39. The third-order valence-corrected chi connectivity index (χ3v) is 5.15. The van der Waals surface area contributed by atoms with Gasteiger partial charge in [-0.15, -0.1) is 0 Å². The molecule has 0 aromatic carbocycles. The zero-order chi connectivity index (χ0) is 15.0. The molecule has 0 aliphatic heterocycles. The first kappa shape index (κ1) is 17.4. The minimum atomic E-state index is -3.52.